The van der Waals surface area contributed by atoms with Gasteiger partial charge in [0.15, 0.2) is 0 Å². The zero-order valence-corrected chi connectivity index (χ0v) is 26.6. The van der Waals surface area contributed by atoms with Crippen molar-refractivity contribution in [1.29, 1.82) is 0 Å². The topological polar surface area (TPSA) is 85.9 Å². The highest BCUT2D eigenvalue weighted by atomic mass is 16.6. The molecule has 0 spiro atoms. The van der Waals surface area contributed by atoms with Gasteiger partial charge in [0.25, 0.3) is 5.69 Å². The predicted octanol–water partition coefficient (Wildman–Crippen LogP) is 9.89. The molecule has 1 aliphatic rings. The number of unbranched alkanes of at least 4 members (excludes halogenated alkanes) is 3. The number of nitro groups is 1. The highest BCUT2D eigenvalue weighted by Gasteiger charge is 2.22. The molecule has 0 aliphatic heterocycles. The van der Waals surface area contributed by atoms with E-state index in [0.29, 0.717) is 0 Å². The molecule has 7 heteroatoms. The number of nitrogens with zero attached hydrogens (tertiary/aromatic N) is 4. The van der Waals surface area contributed by atoms with Gasteiger partial charge in [-0.2, -0.15) is 0 Å². The molecule has 2 heterocycles. The summed E-state index contributed by atoms with van der Waals surface area (Å²) < 4.78 is 2.31. The number of fused-ring (bicyclic) bond motifs is 2. The summed E-state index contributed by atoms with van der Waals surface area (Å²) in [6.45, 7) is 1.74. The van der Waals surface area contributed by atoms with E-state index >= 15 is 0 Å². The van der Waals surface area contributed by atoms with Gasteiger partial charge in [0.2, 0.25) is 0 Å². The SMILES string of the molecule is O=[N+]([O-])c1ccc(-c2nc(-c3ccccc3)c(-c3ccccc3)n2CCCCCCNc2c3c(nc4ccccc24)CCCC3)cc1. The Kier molecular flexibility index (Phi) is 9.04. The molecule has 0 unspecified atom stereocenters. The van der Waals surface area contributed by atoms with Crippen molar-refractivity contribution in [3.8, 4) is 33.9 Å². The summed E-state index contributed by atoms with van der Waals surface area (Å²) in [5.74, 6) is 0.827. The third-order valence-corrected chi connectivity index (χ3v) is 9.18. The third-order valence-electron chi connectivity index (χ3n) is 9.18. The van der Waals surface area contributed by atoms with Crippen LogP contribution in [0.1, 0.15) is 49.8 Å². The summed E-state index contributed by atoms with van der Waals surface area (Å²) in [4.78, 5) is 21.2. The number of nitro benzene ring substituents is 1. The van der Waals surface area contributed by atoms with Crippen LogP contribution >= 0.6 is 0 Å². The fourth-order valence-corrected chi connectivity index (χ4v) is 6.85. The largest absolute Gasteiger partial charge is 0.384 e. The maximum atomic E-state index is 11.4. The summed E-state index contributed by atoms with van der Waals surface area (Å²) in [6, 6.07) is 35.9. The summed E-state index contributed by atoms with van der Waals surface area (Å²) in [6.07, 6.45) is 8.92. The van der Waals surface area contributed by atoms with Crippen molar-refractivity contribution >= 4 is 22.3 Å². The number of non-ortho nitro benzene ring substituents is 1. The number of pyridine rings is 1. The van der Waals surface area contributed by atoms with Crippen LogP contribution in [0.5, 0.6) is 0 Å². The summed E-state index contributed by atoms with van der Waals surface area (Å²) in [7, 11) is 0. The number of aryl methyl sites for hydroxylation is 1. The van der Waals surface area contributed by atoms with E-state index in [1.54, 1.807) is 12.1 Å². The van der Waals surface area contributed by atoms with E-state index in [1.165, 1.54) is 35.2 Å². The third kappa shape index (κ3) is 6.52. The number of hydrogen-bond donors (Lipinski definition) is 1. The number of nitrogens with one attached hydrogen (secondary N) is 1. The molecule has 0 saturated heterocycles. The van der Waals surface area contributed by atoms with Crippen LogP contribution in [0.25, 0.3) is 44.8 Å². The fraction of sp³-hybridized carbons (Fsp3) is 0.250. The first-order valence-corrected chi connectivity index (χ1v) is 16.8. The van der Waals surface area contributed by atoms with Gasteiger partial charge in [-0.25, -0.2) is 4.98 Å². The lowest BCUT2D eigenvalue weighted by Gasteiger charge is -2.21. The molecule has 0 fully saturated rings. The Morgan fingerprint density at radius 3 is 2.15 bits per heavy atom. The number of anilines is 1. The lowest BCUT2D eigenvalue weighted by molar-refractivity contribution is -0.384. The summed E-state index contributed by atoms with van der Waals surface area (Å²) in [5, 5.41) is 16.4. The van der Waals surface area contributed by atoms with Gasteiger partial charge in [0.05, 0.1) is 21.8 Å². The van der Waals surface area contributed by atoms with Crippen LogP contribution in [0.3, 0.4) is 0 Å². The first-order chi connectivity index (χ1) is 23.2. The van der Waals surface area contributed by atoms with E-state index in [1.807, 2.05) is 36.4 Å². The Hall–Kier alpha value is -5.30. The van der Waals surface area contributed by atoms with Gasteiger partial charge < -0.3 is 9.88 Å². The Morgan fingerprint density at radius 2 is 1.38 bits per heavy atom. The van der Waals surface area contributed by atoms with Crippen molar-refractivity contribution in [2.24, 2.45) is 0 Å². The molecule has 47 heavy (non-hydrogen) atoms. The number of imidazole rings is 1. The van der Waals surface area contributed by atoms with Gasteiger partial charge in [-0.3, -0.25) is 15.1 Å². The number of rotatable bonds is 12. The van der Waals surface area contributed by atoms with E-state index in [2.05, 4.69) is 70.5 Å². The summed E-state index contributed by atoms with van der Waals surface area (Å²) in [5.41, 5.74) is 10.1. The second-order valence-electron chi connectivity index (χ2n) is 12.3. The molecular weight excluding hydrogens is 582 g/mol. The average Bonchev–Trinajstić information content (AvgIpc) is 3.51. The Bertz CT molecular complexity index is 1990. The predicted molar refractivity (Wildman–Crippen MR) is 191 cm³/mol. The Labute approximate surface area is 275 Å². The minimum absolute atomic E-state index is 0.0762. The molecule has 1 aliphatic carbocycles. The molecule has 0 amide bonds. The van der Waals surface area contributed by atoms with Gasteiger partial charge in [-0.1, -0.05) is 91.7 Å². The lowest BCUT2D eigenvalue weighted by atomic mass is 9.92. The minimum Gasteiger partial charge on any atom is -0.384 e. The molecule has 2 aromatic heterocycles. The second-order valence-corrected chi connectivity index (χ2v) is 12.3. The van der Waals surface area contributed by atoms with Crippen LogP contribution in [0, 0.1) is 10.1 Å². The molecule has 7 nitrogen and oxygen atoms in total. The number of hydrogen-bond acceptors (Lipinski definition) is 5. The maximum absolute atomic E-state index is 11.4. The standard InChI is InChI=1S/C40H39N5O2/c46-45(47)32-25-23-31(24-26-32)40-43-37(29-15-5-3-6-16-29)39(30-17-7-4-8-18-30)44(40)28-14-2-1-13-27-41-38-33-19-9-11-21-35(33)42-36-22-12-10-20-34(36)38/h3-9,11,15-19,21,23-26H,1-2,10,12-14,20,22,27-28H2,(H,41,42). The molecule has 6 aromatic rings. The van der Waals surface area contributed by atoms with E-state index in [4.69, 9.17) is 9.97 Å². The van der Waals surface area contributed by atoms with Crippen molar-refractivity contribution in [2.75, 3.05) is 11.9 Å². The van der Waals surface area contributed by atoms with Crippen LogP contribution in [-0.2, 0) is 19.4 Å². The zero-order chi connectivity index (χ0) is 32.0. The van der Waals surface area contributed by atoms with Crippen molar-refractivity contribution in [3.05, 3.63) is 131 Å². The van der Waals surface area contributed by atoms with Gasteiger partial charge in [0.1, 0.15) is 5.82 Å². The summed E-state index contributed by atoms with van der Waals surface area (Å²) >= 11 is 0. The second kappa shape index (κ2) is 14.0. The molecule has 1 N–H and O–H groups in total. The zero-order valence-electron chi connectivity index (χ0n) is 26.6. The van der Waals surface area contributed by atoms with Crippen LogP contribution < -0.4 is 5.32 Å². The van der Waals surface area contributed by atoms with Gasteiger partial charge in [0, 0.05) is 58.7 Å². The molecule has 236 valence electrons. The minimum atomic E-state index is -0.359. The van der Waals surface area contributed by atoms with Crippen molar-refractivity contribution in [2.45, 2.75) is 57.9 Å². The van der Waals surface area contributed by atoms with E-state index in [0.717, 1.165) is 91.0 Å². The van der Waals surface area contributed by atoms with E-state index < -0.39 is 0 Å². The van der Waals surface area contributed by atoms with Crippen molar-refractivity contribution in [3.63, 3.8) is 0 Å². The van der Waals surface area contributed by atoms with Crippen LogP contribution in [0.15, 0.2) is 109 Å². The highest BCUT2D eigenvalue weighted by molar-refractivity contribution is 5.93. The van der Waals surface area contributed by atoms with Gasteiger partial charge in [-0.05, 0) is 62.3 Å². The normalized spacial score (nSPS) is 12.6. The molecule has 0 radical (unpaired) electrons. The van der Waals surface area contributed by atoms with Crippen LogP contribution in [-0.4, -0.2) is 26.0 Å². The molecule has 4 aromatic carbocycles. The smallest absolute Gasteiger partial charge is 0.269 e. The monoisotopic (exact) mass is 621 g/mol. The molecule has 0 saturated carbocycles. The Balaban J connectivity index is 1.10. The number of benzene rings is 4. The highest BCUT2D eigenvalue weighted by Crippen LogP contribution is 2.37. The van der Waals surface area contributed by atoms with Gasteiger partial charge in [-0.15, -0.1) is 0 Å². The first-order valence-electron chi connectivity index (χ1n) is 16.8. The van der Waals surface area contributed by atoms with E-state index in [-0.39, 0.29) is 10.6 Å². The van der Waals surface area contributed by atoms with Crippen molar-refractivity contribution < 1.29 is 4.92 Å². The van der Waals surface area contributed by atoms with Crippen molar-refractivity contribution in [1.82, 2.24) is 14.5 Å². The quantitative estimate of drug-likeness (QED) is 0.0835. The molecule has 7 rings (SSSR count). The molecular formula is C40H39N5O2. The lowest BCUT2D eigenvalue weighted by Crippen LogP contribution is -2.12. The van der Waals surface area contributed by atoms with Crippen LogP contribution in [0.4, 0.5) is 11.4 Å². The van der Waals surface area contributed by atoms with Gasteiger partial charge >= 0.3 is 0 Å². The fourth-order valence-electron chi connectivity index (χ4n) is 6.85. The molecule has 0 bridgehead atoms. The Morgan fingerprint density at radius 1 is 0.702 bits per heavy atom. The number of aromatic nitrogens is 3. The maximum Gasteiger partial charge on any atom is 0.269 e. The molecule has 0 atom stereocenters. The number of para-hydroxylation sites is 1. The average molecular weight is 622 g/mol. The van der Waals surface area contributed by atoms with Crippen LogP contribution in [0.2, 0.25) is 0 Å². The van der Waals surface area contributed by atoms with E-state index in [9.17, 15) is 10.1 Å². The first kappa shape index (κ1) is 30.4.